The standard InChI is InChI=1S/C26H24Cl2N4O5S/c27-22-15(13-16-8-12-38-24(16)23(22)28)4-5-20(33)32-10-6-17(7-11-32)30-26(37)19(14-21(34)35)31-25(36)18-3-1-2-9-29-18/h1-5,8-9,12-13,17,19H,6-7,10-11,14H2,(H,30,37)(H,31,36)(H,34,35)/b5-4+/t19-/m0/s1. The molecule has 3 amide bonds. The Labute approximate surface area is 232 Å². The molecule has 1 atom stereocenters. The quantitative estimate of drug-likeness (QED) is 0.349. The second-order valence-corrected chi connectivity index (χ2v) is 10.4. The number of piperidine rings is 1. The highest BCUT2D eigenvalue weighted by molar-refractivity contribution is 7.18. The number of hydrogen-bond donors (Lipinski definition) is 3. The highest BCUT2D eigenvalue weighted by atomic mass is 35.5. The monoisotopic (exact) mass is 574 g/mol. The minimum absolute atomic E-state index is 0.0781. The van der Waals surface area contributed by atoms with Crippen LogP contribution in [0.4, 0.5) is 0 Å². The van der Waals surface area contributed by atoms with E-state index < -0.39 is 30.2 Å². The summed E-state index contributed by atoms with van der Waals surface area (Å²) in [6.45, 7) is 0.798. The molecule has 3 heterocycles. The predicted molar refractivity (Wildman–Crippen MR) is 146 cm³/mol. The van der Waals surface area contributed by atoms with Crippen LogP contribution in [0.1, 0.15) is 35.3 Å². The lowest BCUT2D eigenvalue weighted by atomic mass is 10.0. The first-order valence-corrected chi connectivity index (χ1v) is 13.4. The normalized spacial score (nSPS) is 14.9. The van der Waals surface area contributed by atoms with E-state index in [2.05, 4.69) is 15.6 Å². The van der Waals surface area contributed by atoms with E-state index in [1.54, 1.807) is 23.1 Å². The van der Waals surface area contributed by atoms with Crippen LogP contribution in [0.15, 0.2) is 48.0 Å². The number of fused-ring (bicyclic) bond motifs is 1. The van der Waals surface area contributed by atoms with Crippen LogP contribution in [0, 0.1) is 0 Å². The third-order valence-corrected chi connectivity index (χ3v) is 8.05. The van der Waals surface area contributed by atoms with Crippen LogP contribution < -0.4 is 10.6 Å². The van der Waals surface area contributed by atoms with Gasteiger partial charge < -0.3 is 20.6 Å². The number of carbonyl (C=O) groups is 4. The van der Waals surface area contributed by atoms with E-state index in [1.165, 1.54) is 29.7 Å². The Balaban J connectivity index is 1.32. The van der Waals surface area contributed by atoms with E-state index >= 15 is 0 Å². The zero-order chi connectivity index (χ0) is 27.2. The number of aromatic nitrogens is 1. The first kappa shape index (κ1) is 27.6. The predicted octanol–water partition coefficient (Wildman–Crippen LogP) is 4.00. The SMILES string of the molecule is O=C(O)C[C@H](NC(=O)c1ccccn1)C(=O)NC1CCN(C(=O)/C=C/c2cc3ccsc3c(Cl)c2Cl)CC1. The number of thiophene rings is 1. The number of halogens is 2. The van der Waals surface area contributed by atoms with Crippen LogP contribution in [0.5, 0.6) is 0 Å². The molecule has 9 nitrogen and oxygen atoms in total. The van der Waals surface area contributed by atoms with Gasteiger partial charge in [0, 0.05) is 31.4 Å². The van der Waals surface area contributed by atoms with Gasteiger partial charge in [-0.15, -0.1) is 11.3 Å². The molecule has 2 aromatic heterocycles. The minimum atomic E-state index is -1.26. The first-order chi connectivity index (χ1) is 18.2. The van der Waals surface area contributed by atoms with Crippen molar-refractivity contribution in [1.29, 1.82) is 0 Å². The number of benzene rings is 1. The van der Waals surface area contributed by atoms with Gasteiger partial charge in [-0.3, -0.25) is 24.2 Å². The summed E-state index contributed by atoms with van der Waals surface area (Å²) in [6.07, 6.45) is 4.90. The zero-order valence-corrected chi connectivity index (χ0v) is 22.4. The lowest BCUT2D eigenvalue weighted by molar-refractivity contribution is -0.140. The third-order valence-electron chi connectivity index (χ3n) is 6.11. The Morgan fingerprint density at radius 2 is 1.92 bits per heavy atom. The molecule has 1 aromatic carbocycles. The lowest BCUT2D eigenvalue weighted by Gasteiger charge is -2.32. The number of amides is 3. The number of pyridine rings is 1. The number of hydrogen-bond acceptors (Lipinski definition) is 6. The Morgan fingerprint density at radius 3 is 2.61 bits per heavy atom. The summed E-state index contributed by atoms with van der Waals surface area (Å²) in [6, 6.07) is 7.01. The molecule has 0 bridgehead atoms. The van der Waals surface area contributed by atoms with Crippen molar-refractivity contribution in [1.82, 2.24) is 20.5 Å². The molecule has 0 unspecified atom stereocenters. The average Bonchev–Trinajstić information content (AvgIpc) is 3.39. The van der Waals surface area contributed by atoms with Crippen LogP contribution in [0.2, 0.25) is 10.0 Å². The fourth-order valence-corrected chi connectivity index (χ4v) is 5.55. The molecule has 3 N–H and O–H groups in total. The molecular formula is C26H24Cl2N4O5S. The molecule has 1 aliphatic rings. The van der Waals surface area contributed by atoms with Crippen molar-refractivity contribution < 1.29 is 24.3 Å². The Bertz CT molecular complexity index is 1390. The third kappa shape index (κ3) is 6.69. The number of nitrogens with zero attached hydrogens (tertiary/aromatic N) is 2. The maximum Gasteiger partial charge on any atom is 0.305 e. The maximum absolute atomic E-state index is 12.8. The van der Waals surface area contributed by atoms with Gasteiger partial charge in [-0.05, 0) is 59.5 Å². The minimum Gasteiger partial charge on any atom is -0.481 e. The van der Waals surface area contributed by atoms with Gasteiger partial charge in [0.15, 0.2) is 0 Å². The van der Waals surface area contributed by atoms with E-state index in [0.29, 0.717) is 41.5 Å². The Hall–Kier alpha value is -3.47. The molecule has 4 rings (SSSR count). The van der Waals surface area contributed by atoms with E-state index in [1.807, 2.05) is 17.5 Å². The van der Waals surface area contributed by atoms with Crippen molar-refractivity contribution in [3.8, 4) is 0 Å². The van der Waals surface area contributed by atoms with Gasteiger partial charge in [0.25, 0.3) is 5.91 Å². The molecule has 3 aromatic rings. The van der Waals surface area contributed by atoms with Gasteiger partial charge in [-0.1, -0.05) is 29.3 Å². The van der Waals surface area contributed by atoms with E-state index in [4.69, 9.17) is 23.2 Å². The van der Waals surface area contributed by atoms with Crippen LogP contribution in [0.25, 0.3) is 16.2 Å². The number of nitrogens with one attached hydrogen (secondary N) is 2. The van der Waals surface area contributed by atoms with Crippen LogP contribution in [-0.4, -0.2) is 63.9 Å². The molecule has 1 saturated heterocycles. The van der Waals surface area contributed by atoms with Crippen molar-refractivity contribution in [3.05, 3.63) is 69.3 Å². The summed E-state index contributed by atoms with van der Waals surface area (Å²) < 4.78 is 0.895. The second-order valence-electron chi connectivity index (χ2n) is 8.71. The molecule has 0 saturated carbocycles. The summed E-state index contributed by atoms with van der Waals surface area (Å²) in [5.41, 5.74) is 0.727. The molecule has 12 heteroatoms. The summed E-state index contributed by atoms with van der Waals surface area (Å²) in [5.74, 6) is -2.66. The molecule has 0 aliphatic carbocycles. The van der Waals surface area contributed by atoms with E-state index in [9.17, 15) is 24.3 Å². The smallest absolute Gasteiger partial charge is 0.305 e. The summed E-state index contributed by atoms with van der Waals surface area (Å²) in [5, 5.41) is 18.2. The number of aliphatic carboxylic acids is 1. The highest BCUT2D eigenvalue weighted by Gasteiger charge is 2.29. The fourth-order valence-electron chi connectivity index (χ4n) is 4.12. The number of likely N-dealkylation sites (tertiary alicyclic amines) is 1. The topological polar surface area (TPSA) is 129 Å². The summed E-state index contributed by atoms with van der Waals surface area (Å²) in [4.78, 5) is 54.8. The van der Waals surface area contributed by atoms with Gasteiger partial charge in [0.2, 0.25) is 11.8 Å². The van der Waals surface area contributed by atoms with Crippen molar-refractivity contribution in [2.45, 2.75) is 31.3 Å². The van der Waals surface area contributed by atoms with Gasteiger partial charge in [0.1, 0.15) is 11.7 Å². The van der Waals surface area contributed by atoms with Gasteiger partial charge in [-0.25, -0.2) is 0 Å². The van der Waals surface area contributed by atoms with E-state index in [0.717, 1.165) is 10.1 Å². The lowest BCUT2D eigenvalue weighted by Crippen LogP contribution is -2.53. The number of carbonyl (C=O) groups excluding carboxylic acids is 3. The van der Waals surface area contributed by atoms with E-state index in [-0.39, 0.29) is 17.6 Å². The van der Waals surface area contributed by atoms with Gasteiger partial charge in [-0.2, -0.15) is 0 Å². The number of carboxylic acids is 1. The molecular weight excluding hydrogens is 551 g/mol. The maximum atomic E-state index is 12.8. The second kappa shape index (κ2) is 12.4. The first-order valence-electron chi connectivity index (χ1n) is 11.8. The van der Waals surface area contributed by atoms with Gasteiger partial charge >= 0.3 is 5.97 Å². The molecule has 0 spiro atoms. The van der Waals surface area contributed by atoms with Crippen LogP contribution >= 0.6 is 34.5 Å². The average molecular weight is 575 g/mol. The van der Waals surface area contributed by atoms with Gasteiger partial charge in [0.05, 0.1) is 21.2 Å². The Kier molecular flexibility index (Phi) is 8.98. The zero-order valence-electron chi connectivity index (χ0n) is 20.0. The summed E-state index contributed by atoms with van der Waals surface area (Å²) in [7, 11) is 0. The number of rotatable bonds is 8. The molecule has 38 heavy (non-hydrogen) atoms. The summed E-state index contributed by atoms with van der Waals surface area (Å²) >= 11 is 14.2. The van der Waals surface area contributed by atoms with Crippen molar-refractivity contribution in [2.75, 3.05) is 13.1 Å². The van der Waals surface area contributed by atoms with Crippen LogP contribution in [0.3, 0.4) is 0 Å². The fraction of sp³-hybridized carbons (Fsp3) is 0.269. The van der Waals surface area contributed by atoms with Crippen molar-refractivity contribution >= 4 is 74.4 Å². The molecule has 0 radical (unpaired) electrons. The van der Waals surface area contributed by atoms with Crippen molar-refractivity contribution in [2.24, 2.45) is 0 Å². The van der Waals surface area contributed by atoms with Crippen LogP contribution in [-0.2, 0) is 14.4 Å². The highest BCUT2D eigenvalue weighted by Crippen LogP contribution is 2.37. The number of carboxylic acid groups (broad SMARTS) is 1. The van der Waals surface area contributed by atoms with Crippen molar-refractivity contribution in [3.63, 3.8) is 0 Å². The molecule has 198 valence electrons. The largest absolute Gasteiger partial charge is 0.481 e. The Morgan fingerprint density at radius 1 is 1.16 bits per heavy atom. The molecule has 1 aliphatic heterocycles. The molecule has 1 fully saturated rings.